The van der Waals surface area contributed by atoms with Gasteiger partial charge in [0.2, 0.25) is 0 Å². The predicted octanol–water partition coefficient (Wildman–Crippen LogP) is 2.81. The molecule has 0 saturated heterocycles. The maximum atomic E-state index is 5.02. The first kappa shape index (κ1) is 8.78. The van der Waals surface area contributed by atoms with Crippen LogP contribution < -0.4 is 4.74 Å². The zero-order valence-corrected chi connectivity index (χ0v) is 7.45. The number of hydrogen-bond acceptors (Lipinski definition) is 2. The Bertz CT molecular complexity index is 251. The minimum Gasteiger partial charge on any atom is -0.497 e. The average Bonchev–Trinajstić information content (AvgIpc) is 2.15. The lowest BCUT2D eigenvalue weighted by Gasteiger charge is -1.98. The fraction of sp³-hybridized carbons (Fsp3) is 0.300. The molecule has 1 aromatic carbocycles. The standard InChI is InChI=1S/C10H13NO/c1-3-8-11-9-4-6-10(12-2)7-5-9/h4-8H,3H2,1-2H3/b11-8+. The molecule has 64 valence electrons. The van der Waals surface area contributed by atoms with E-state index in [1.165, 1.54) is 0 Å². The summed E-state index contributed by atoms with van der Waals surface area (Å²) in [5.41, 5.74) is 0.970. The third-order valence-corrected chi connectivity index (χ3v) is 1.50. The fourth-order valence-electron chi connectivity index (χ4n) is 0.865. The molecule has 0 bridgehead atoms. The first-order valence-corrected chi connectivity index (χ1v) is 4.03. The van der Waals surface area contributed by atoms with E-state index < -0.39 is 0 Å². The monoisotopic (exact) mass is 163 g/mol. The zero-order valence-electron chi connectivity index (χ0n) is 7.45. The molecule has 0 saturated carbocycles. The van der Waals surface area contributed by atoms with E-state index in [0.717, 1.165) is 17.9 Å². The van der Waals surface area contributed by atoms with Crippen LogP contribution in [0.3, 0.4) is 0 Å². The number of methoxy groups -OCH3 is 1. The van der Waals surface area contributed by atoms with E-state index in [4.69, 9.17) is 4.74 Å². The van der Waals surface area contributed by atoms with Gasteiger partial charge in [-0.15, -0.1) is 0 Å². The van der Waals surface area contributed by atoms with Gasteiger partial charge in [0.25, 0.3) is 0 Å². The van der Waals surface area contributed by atoms with Crippen LogP contribution in [0.2, 0.25) is 0 Å². The maximum absolute atomic E-state index is 5.02. The van der Waals surface area contributed by atoms with E-state index >= 15 is 0 Å². The SMILES string of the molecule is CC/C=N/c1ccc(OC)cc1. The number of ether oxygens (including phenoxy) is 1. The topological polar surface area (TPSA) is 21.6 Å². The Balaban J connectivity index is 2.71. The van der Waals surface area contributed by atoms with Crippen LogP contribution in [0, 0.1) is 0 Å². The van der Waals surface area contributed by atoms with E-state index in [1.54, 1.807) is 7.11 Å². The Hall–Kier alpha value is -1.31. The van der Waals surface area contributed by atoms with Crippen LogP contribution in [0.4, 0.5) is 5.69 Å². The average molecular weight is 163 g/mol. The molecule has 0 aromatic heterocycles. The third kappa shape index (κ3) is 2.38. The molecule has 0 atom stereocenters. The molecule has 0 amide bonds. The summed E-state index contributed by atoms with van der Waals surface area (Å²) in [4.78, 5) is 4.22. The van der Waals surface area contributed by atoms with E-state index in [0.29, 0.717) is 0 Å². The van der Waals surface area contributed by atoms with Gasteiger partial charge in [-0.2, -0.15) is 0 Å². The van der Waals surface area contributed by atoms with Crippen LogP contribution >= 0.6 is 0 Å². The summed E-state index contributed by atoms with van der Waals surface area (Å²) >= 11 is 0. The van der Waals surface area contributed by atoms with Crippen molar-refractivity contribution in [3.63, 3.8) is 0 Å². The molecule has 0 radical (unpaired) electrons. The number of hydrogen-bond donors (Lipinski definition) is 0. The predicted molar refractivity (Wildman–Crippen MR) is 51.4 cm³/mol. The van der Waals surface area contributed by atoms with Crippen molar-refractivity contribution < 1.29 is 4.74 Å². The van der Waals surface area contributed by atoms with E-state index in [1.807, 2.05) is 30.5 Å². The highest BCUT2D eigenvalue weighted by atomic mass is 16.5. The normalized spacial score (nSPS) is 10.5. The van der Waals surface area contributed by atoms with Crippen molar-refractivity contribution in [1.82, 2.24) is 0 Å². The van der Waals surface area contributed by atoms with E-state index in [-0.39, 0.29) is 0 Å². The van der Waals surface area contributed by atoms with Gasteiger partial charge in [-0.05, 0) is 30.7 Å². The molecule has 1 rings (SSSR count). The van der Waals surface area contributed by atoms with E-state index in [2.05, 4.69) is 11.9 Å². The van der Waals surface area contributed by atoms with Gasteiger partial charge in [-0.3, -0.25) is 4.99 Å². The van der Waals surface area contributed by atoms with Crippen molar-refractivity contribution in [3.05, 3.63) is 24.3 Å². The zero-order chi connectivity index (χ0) is 8.81. The highest BCUT2D eigenvalue weighted by molar-refractivity contribution is 5.62. The Morgan fingerprint density at radius 2 is 2.00 bits per heavy atom. The summed E-state index contributed by atoms with van der Waals surface area (Å²) in [7, 11) is 1.66. The van der Waals surface area contributed by atoms with Crippen LogP contribution in [0.25, 0.3) is 0 Å². The van der Waals surface area contributed by atoms with Gasteiger partial charge in [-0.1, -0.05) is 6.92 Å². The fourth-order valence-corrected chi connectivity index (χ4v) is 0.865. The van der Waals surface area contributed by atoms with Crippen molar-refractivity contribution in [2.24, 2.45) is 4.99 Å². The summed E-state index contributed by atoms with van der Waals surface area (Å²) < 4.78 is 5.02. The quantitative estimate of drug-likeness (QED) is 0.628. The van der Waals surface area contributed by atoms with Gasteiger partial charge in [-0.25, -0.2) is 0 Å². The van der Waals surface area contributed by atoms with Gasteiger partial charge in [0.1, 0.15) is 5.75 Å². The lowest BCUT2D eigenvalue weighted by atomic mass is 10.3. The molecule has 0 aliphatic carbocycles. The molecule has 0 unspecified atom stereocenters. The molecule has 0 spiro atoms. The Morgan fingerprint density at radius 3 is 2.50 bits per heavy atom. The molecule has 2 nitrogen and oxygen atoms in total. The van der Waals surface area contributed by atoms with Gasteiger partial charge in [0.15, 0.2) is 0 Å². The van der Waals surface area contributed by atoms with Crippen molar-refractivity contribution in [1.29, 1.82) is 0 Å². The molecular formula is C10H13NO. The van der Waals surface area contributed by atoms with Crippen LogP contribution in [0.1, 0.15) is 13.3 Å². The summed E-state index contributed by atoms with van der Waals surface area (Å²) in [5.74, 6) is 0.866. The second-order valence-corrected chi connectivity index (χ2v) is 2.42. The molecular weight excluding hydrogens is 150 g/mol. The number of aliphatic imine (C=N–C) groups is 1. The van der Waals surface area contributed by atoms with E-state index in [9.17, 15) is 0 Å². The van der Waals surface area contributed by atoms with Crippen molar-refractivity contribution in [2.75, 3.05) is 7.11 Å². The van der Waals surface area contributed by atoms with Crippen LogP contribution in [-0.4, -0.2) is 13.3 Å². The second kappa shape index (κ2) is 4.54. The van der Waals surface area contributed by atoms with Crippen LogP contribution in [-0.2, 0) is 0 Å². The van der Waals surface area contributed by atoms with Gasteiger partial charge in [0, 0.05) is 6.21 Å². The Labute approximate surface area is 72.9 Å². The summed E-state index contributed by atoms with van der Waals surface area (Å²) in [6.07, 6.45) is 2.85. The summed E-state index contributed by atoms with van der Waals surface area (Å²) in [6, 6.07) is 7.68. The largest absolute Gasteiger partial charge is 0.497 e. The molecule has 12 heavy (non-hydrogen) atoms. The van der Waals surface area contributed by atoms with Crippen molar-refractivity contribution in [2.45, 2.75) is 13.3 Å². The molecule has 0 fully saturated rings. The molecule has 0 heterocycles. The van der Waals surface area contributed by atoms with Gasteiger partial charge < -0.3 is 4.74 Å². The highest BCUT2D eigenvalue weighted by Gasteiger charge is 1.89. The highest BCUT2D eigenvalue weighted by Crippen LogP contribution is 2.16. The van der Waals surface area contributed by atoms with Gasteiger partial charge >= 0.3 is 0 Å². The lowest BCUT2D eigenvalue weighted by Crippen LogP contribution is -1.79. The maximum Gasteiger partial charge on any atom is 0.119 e. The lowest BCUT2D eigenvalue weighted by molar-refractivity contribution is 0.415. The second-order valence-electron chi connectivity index (χ2n) is 2.42. The first-order chi connectivity index (χ1) is 5.86. The Morgan fingerprint density at radius 1 is 1.33 bits per heavy atom. The molecule has 0 N–H and O–H groups in total. The minimum absolute atomic E-state index is 0.866. The van der Waals surface area contributed by atoms with Crippen molar-refractivity contribution in [3.8, 4) is 5.75 Å². The summed E-state index contributed by atoms with van der Waals surface area (Å²) in [6.45, 7) is 2.06. The van der Waals surface area contributed by atoms with Crippen LogP contribution in [0.5, 0.6) is 5.75 Å². The number of nitrogens with zero attached hydrogens (tertiary/aromatic N) is 1. The van der Waals surface area contributed by atoms with Gasteiger partial charge in [0.05, 0.1) is 12.8 Å². The van der Waals surface area contributed by atoms with Crippen molar-refractivity contribution >= 4 is 11.9 Å². The smallest absolute Gasteiger partial charge is 0.119 e. The number of rotatable bonds is 3. The molecule has 0 aliphatic heterocycles. The minimum atomic E-state index is 0.866. The number of benzene rings is 1. The summed E-state index contributed by atoms with van der Waals surface area (Å²) in [5, 5.41) is 0. The molecule has 0 aliphatic rings. The Kier molecular flexibility index (Phi) is 3.33. The molecule has 1 aromatic rings. The molecule has 2 heteroatoms. The first-order valence-electron chi connectivity index (χ1n) is 4.03. The third-order valence-electron chi connectivity index (χ3n) is 1.50. The van der Waals surface area contributed by atoms with Crippen LogP contribution in [0.15, 0.2) is 29.3 Å².